The maximum absolute atomic E-state index is 3.88. The molecule has 0 spiro atoms. The lowest BCUT2D eigenvalue weighted by Crippen LogP contribution is -2.23. The molecule has 2 heteroatoms. The summed E-state index contributed by atoms with van der Waals surface area (Å²) in [5.74, 6) is 0. The van der Waals surface area contributed by atoms with Gasteiger partial charge in [-0.3, -0.25) is 0 Å². The molecule has 2 N–H and O–H groups in total. The second kappa shape index (κ2) is 6.77. The summed E-state index contributed by atoms with van der Waals surface area (Å²) < 4.78 is 0. The predicted molar refractivity (Wildman–Crippen MR) is 54.8 cm³/mol. The van der Waals surface area contributed by atoms with E-state index in [9.17, 15) is 0 Å². The van der Waals surface area contributed by atoms with Crippen molar-refractivity contribution in [2.75, 3.05) is 6.54 Å². The molecule has 1 atom stereocenters. The molecule has 1 fully saturated rings. The first-order valence-corrected chi connectivity index (χ1v) is 4.64. The minimum atomic E-state index is 0.441. The Morgan fingerprint density at radius 1 is 1.58 bits per heavy atom. The number of rotatable bonds is 2. The molecule has 0 aliphatic carbocycles. The molecule has 12 heavy (non-hydrogen) atoms. The average molecular weight is 168 g/mol. The molecule has 0 aromatic heterocycles. The van der Waals surface area contributed by atoms with Crippen molar-refractivity contribution in [1.29, 1.82) is 0 Å². The van der Waals surface area contributed by atoms with E-state index in [1.54, 1.807) is 0 Å². The first-order valence-electron chi connectivity index (χ1n) is 4.64. The highest BCUT2D eigenvalue weighted by atomic mass is 15.0. The van der Waals surface area contributed by atoms with Crippen molar-refractivity contribution in [3.05, 3.63) is 24.6 Å². The van der Waals surface area contributed by atoms with Crippen LogP contribution in [0.15, 0.2) is 24.6 Å². The fourth-order valence-electron chi connectivity index (χ4n) is 1.07. The molecule has 2 nitrogen and oxygen atoms in total. The van der Waals surface area contributed by atoms with Crippen LogP contribution in [0.4, 0.5) is 0 Å². The molecule has 0 bridgehead atoms. The lowest BCUT2D eigenvalue weighted by atomic mass is 10.2. The zero-order valence-corrected chi connectivity index (χ0v) is 8.35. The molecular formula is C10H20N2. The van der Waals surface area contributed by atoms with Gasteiger partial charge < -0.3 is 10.6 Å². The summed E-state index contributed by atoms with van der Waals surface area (Å²) in [5, 5.41) is 6.43. The zero-order chi connectivity index (χ0) is 9.40. The molecule has 70 valence electrons. The average Bonchev–Trinajstić information content (AvgIpc) is 2.51. The minimum absolute atomic E-state index is 0.441. The Balaban J connectivity index is 0.000000561. The second-order valence-corrected chi connectivity index (χ2v) is 2.46. The van der Waals surface area contributed by atoms with E-state index in [1.807, 2.05) is 33.0 Å². The van der Waals surface area contributed by atoms with Gasteiger partial charge in [-0.15, -0.1) is 0 Å². The topological polar surface area (TPSA) is 24.1 Å². The van der Waals surface area contributed by atoms with Crippen LogP contribution in [0.3, 0.4) is 0 Å². The summed E-state index contributed by atoms with van der Waals surface area (Å²) in [6, 6.07) is 0.441. The first kappa shape index (κ1) is 11.1. The van der Waals surface area contributed by atoms with E-state index < -0.39 is 0 Å². The number of hydrogen-bond acceptors (Lipinski definition) is 2. The number of allylic oxidation sites excluding steroid dienone is 1. The van der Waals surface area contributed by atoms with Gasteiger partial charge in [-0.05, 0) is 19.5 Å². The smallest absolute Gasteiger partial charge is 0.0664 e. The minimum Gasteiger partial charge on any atom is -0.387 e. The predicted octanol–water partition coefficient (Wildman–Crippen LogP) is 2.01. The van der Waals surface area contributed by atoms with Gasteiger partial charge in [0.1, 0.15) is 0 Å². The fraction of sp³-hybridized carbons (Fsp3) is 0.600. The molecule has 0 aromatic carbocycles. The van der Waals surface area contributed by atoms with Crippen LogP contribution >= 0.6 is 0 Å². The molecule has 1 aliphatic rings. The highest BCUT2D eigenvalue weighted by molar-refractivity contribution is 5.09. The monoisotopic (exact) mass is 168 g/mol. The second-order valence-electron chi connectivity index (χ2n) is 2.46. The summed E-state index contributed by atoms with van der Waals surface area (Å²) in [6.07, 6.45) is 5.09. The zero-order valence-electron chi connectivity index (χ0n) is 8.35. The molecule has 1 rings (SSSR count). The Kier molecular flexibility index (Phi) is 6.25. The van der Waals surface area contributed by atoms with Gasteiger partial charge in [-0.1, -0.05) is 26.5 Å². The molecule has 0 saturated carbocycles. The van der Waals surface area contributed by atoms with Crippen molar-refractivity contribution >= 4 is 0 Å². The van der Waals surface area contributed by atoms with Gasteiger partial charge in [0.15, 0.2) is 0 Å². The normalized spacial score (nSPS) is 21.6. The number of hydrogen-bond donors (Lipinski definition) is 2. The van der Waals surface area contributed by atoms with Crippen LogP contribution < -0.4 is 10.6 Å². The number of nitrogens with one attached hydrogen (secondary N) is 2. The van der Waals surface area contributed by atoms with Crippen molar-refractivity contribution in [2.24, 2.45) is 0 Å². The lowest BCUT2D eigenvalue weighted by molar-refractivity contribution is 0.691. The summed E-state index contributed by atoms with van der Waals surface area (Å²) in [4.78, 5) is 0. The Bertz CT molecular complexity index is 150. The van der Waals surface area contributed by atoms with Crippen molar-refractivity contribution in [3.8, 4) is 0 Å². The standard InChI is InChI=1S/C8H14N2.C2H6/c1-3-5-10-8-4-6-9-7(8)2;1-2/h3,5,8-10H,2,4,6H2,1H3;1-2H3/b5-3-;. The molecule has 0 aromatic rings. The Hall–Kier alpha value is -0.920. The van der Waals surface area contributed by atoms with Gasteiger partial charge in [0, 0.05) is 12.2 Å². The maximum Gasteiger partial charge on any atom is 0.0664 e. The summed E-state index contributed by atoms with van der Waals surface area (Å²) in [5.41, 5.74) is 1.11. The van der Waals surface area contributed by atoms with Crippen molar-refractivity contribution < 1.29 is 0 Å². The third kappa shape index (κ3) is 3.46. The van der Waals surface area contributed by atoms with Crippen LogP contribution in [0.1, 0.15) is 27.2 Å². The molecule has 1 aliphatic heterocycles. The Labute approximate surface area is 75.7 Å². The van der Waals surface area contributed by atoms with Crippen LogP contribution in [0.25, 0.3) is 0 Å². The largest absolute Gasteiger partial charge is 0.387 e. The van der Waals surface area contributed by atoms with E-state index in [0.717, 1.165) is 18.7 Å². The van der Waals surface area contributed by atoms with E-state index in [0.29, 0.717) is 6.04 Å². The van der Waals surface area contributed by atoms with Gasteiger partial charge in [0.2, 0.25) is 0 Å². The van der Waals surface area contributed by atoms with E-state index in [4.69, 9.17) is 0 Å². The summed E-state index contributed by atoms with van der Waals surface area (Å²) in [6.45, 7) is 10.9. The highest BCUT2D eigenvalue weighted by Crippen LogP contribution is 2.07. The van der Waals surface area contributed by atoms with Crippen LogP contribution in [0.2, 0.25) is 0 Å². The molecule has 1 saturated heterocycles. The molecule has 0 radical (unpaired) electrons. The van der Waals surface area contributed by atoms with Crippen molar-refractivity contribution in [1.82, 2.24) is 10.6 Å². The van der Waals surface area contributed by atoms with Crippen molar-refractivity contribution in [3.63, 3.8) is 0 Å². The van der Waals surface area contributed by atoms with Gasteiger partial charge >= 0.3 is 0 Å². The van der Waals surface area contributed by atoms with Crippen LogP contribution in [-0.4, -0.2) is 12.6 Å². The summed E-state index contributed by atoms with van der Waals surface area (Å²) >= 11 is 0. The van der Waals surface area contributed by atoms with Crippen LogP contribution in [0.5, 0.6) is 0 Å². The van der Waals surface area contributed by atoms with Gasteiger partial charge in [-0.2, -0.15) is 0 Å². The Morgan fingerprint density at radius 3 is 2.67 bits per heavy atom. The molecule has 0 amide bonds. The maximum atomic E-state index is 3.88. The van der Waals surface area contributed by atoms with Crippen LogP contribution in [0, 0.1) is 0 Å². The summed E-state index contributed by atoms with van der Waals surface area (Å²) in [7, 11) is 0. The van der Waals surface area contributed by atoms with Crippen LogP contribution in [-0.2, 0) is 0 Å². The van der Waals surface area contributed by atoms with E-state index >= 15 is 0 Å². The Morgan fingerprint density at radius 2 is 2.25 bits per heavy atom. The quantitative estimate of drug-likeness (QED) is 0.659. The molecule has 1 unspecified atom stereocenters. The van der Waals surface area contributed by atoms with Crippen molar-refractivity contribution in [2.45, 2.75) is 33.2 Å². The van der Waals surface area contributed by atoms with Gasteiger partial charge in [-0.25, -0.2) is 0 Å². The highest BCUT2D eigenvalue weighted by Gasteiger charge is 2.15. The fourth-order valence-corrected chi connectivity index (χ4v) is 1.07. The molecule has 1 heterocycles. The lowest BCUT2D eigenvalue weighted by Gasteiger charge is -2.08. The van der Waals surface area contributed by atoms with Gasteiger partial charge in [0.05, 0.1) is 6.04 Å². The third-order valence-electron chi connectivity index (χ3n) is 1.67. The SMILES string of the molecule is C=C1NCCC1N/C=C\C.CC. The third-order valence-corrected chi connectivity index (χ3v) is 1.67. The van der Waals surface area contributed by atoms with E-state index in [-0.39, 0.29) is 0 Å². The van der Waals surface area contributed by atoms with Gasteiger partial charge in [0.25, 0.3) is 0 Å². The molecular weight excluding hydrogens is 148 g/mol. The van der Waals surface area contributed by atoms with E-state index in [1.165, 1.54) is 0 Å². The van der Waals surface area contributed by atoms with E-state index in [2.05, 4.69) is 17.2 Å². The first-order chi connectivity index (χ1) is 5.84.